The molecule has 0 saturated carbocycles. The molecular formula is C14H32CoN4O6P2S2-2. The average molecular weight is 537 g/mol. The van der Waals surface area contributed by atoms with Crippen LogP contribution < -0.4 is 5.32 Å². The Labute approximate surface area is 198 Å². The molecule has 2 aliphatic rings. The summed E-state index contributed by atoms with van der Waals surface area (Å²) in [6, 6.07) is 0. The number of aliphatic imine (C=N–C) groups is 1. The molecule has 0 amide bonds. The minimum absolute atomic E-state index is 0. The van der Waals surface area contributed by atoms with Crippen LogP contribution in [0.1, 0.15) is 6.42 Å². The molecular weight excluding hydrogens is 505 g/mol. The van der Waals surface area contributed by atoms with Crippen LogP contribution in [0.25, 0.3) is 10.6 Å². The van der Waals surface area contributed by atoms with E-state index in [-0.39, 0.29) is 22.3 Å². The zero-order valence-corrected chi connectivity index (χ0v) is 22.2. The summed E-state index contributed by atoms with van der Waals surface area (Å²) in [5.41, 5.74) is -0.00579. The van der Waals surface area contributed by atoms with E-state index in [1.54, 1.807) is 48.9 Å². The minimum Gasteiger partial charge on any atom is -0.797 e. The molecule has 1 N–H and O–H groups in total. The van der Waals surface area contributed by atoms with Crippen molar-refractivity contribution in [3.05, 3.63) is 22.9 Å². The standard InChI is InChI=1S/C4H9N2S.C4H5N2S.2C3H10O3P.Co/c2*7-4-5-2-1-3-6-4;2*1-4-7(5-2)6-3;/h4-5,7H,1-3H2;1-2H,3H2,(H-,5,6,7);2*7H,1-3H3;/q2*-1;2*+1;/p-2. The summed E-state index contributed by atoms with van der Waals surface area (Å²) in [6.45, 7) is 2.68. The second-order valence-corrected chi connectivity index (χ2v) is 8.69. The zero-order chi connectivity index (χ0) is 21.6. The molecule has 2 rings (SSSR count). The van der Waals surface area contributed by atoms with Gasteiger partial charge in [0, 0.05) is 16.8 Å². The summed E-state index contributed by atoms with van der Waals surface area (Å²) < 4.78 is 28.2. The first-order valence-electron chi connectivity index (χ1n) is 8.09. The maximum Gasteiger partial charge on any atom is 0.397 e. The molecule has 2 heterocycles. The number of hydrogen-bond acceptors (Lipinski definition) is 10. The van der Waals surface area contributed by atoms with E-state index in [4.69, 9.17) is 39.8 Å². The molecule has 1 radical (unpaired) electrons. The quantitative estimate of drug-likeness (QED) is 0.404. The molecule has 0 spiro atoms. The molecule has 0 aromatic heterocycles. The van der Waals surface area contributed by atoms with E-state index < -0.39 is 17.2 Å². The van der Waals surface area contributed by atoms with E-state index in [9.17, 15) is 0 Å². The third kappa shape index (κ3) is 25.0. The predicted octanol–water partition coefficient (Wildman–Crippen LogP) is 2.74. The van der Waals surface area contributed by atoms with Gasteiger partial charge < -0.3 is 46.2 Å². The summed E-state index contributed by atoms with van der Waals surface area (Å²) in [6.07, 6.45) is 4.68. The number of amidine groups is 1. The van der Waals surface area contributed by atoms with Gasteiger partial charge in [0.15, 0.2) is 0 Å². The summed E-state index contributed by atoms with van der Waals surface area (Å²) in [5, 5.41) is 11.3. The fraction of sp³-hybridized carbons (Fsp3) is 0.786. The van der Waals surface area contributed by atoms with Crippen molar-refractivity contribution in [1.82, 2.24) is 5.32 Å². The van der Waals surface area contributed by atoms with Gasteiger partial charge in [-0.25, -0.2) is 10.7 Å². The van der Waals surface area contributed by atoms with Crippen molar-refractivity contribution in [2.24, 2.45) is 4.99 Å². The number of nitrogens with one attached hydrogen (secondary N) is 1. The van der Waals surface area contributed by atoms with E-state index in [1.165, 1.54) is 0 Å². The van der Waals surface area contributed by atoms with Gasteiger partial charge >= 0.3 is 17.2 Å². The first kappa shape index (κ1) is 34.4. The Morgan fingerprint density at radius 1 is 1.00 bits per heavy atom. The molecule has 0 aromatic carbocycles. The van der Waals surface area contributed by atoms with Crippen molar-refractivity contribution in [3.8, 4) is 0 Å². The minimum atomic E-state index is -1.36. The van der Waals surface area contributed by atoms with Gasteiger partial charge in [-0.05, 0) is 13.1 Å². The van der Waals surface area contributed by atoms with Crippen LogP contribution in [0.2, 0.25) is 0 Å². The molecule has 0 bridgehead atoms. The maximum absolute atomic E-state index is 4.81. The molecule has 0 aliphatic carbocycles. The predicted molar refractivity (Wildman–Crippen MR) is 123 cm³/mol. The van der Waals surface area contributed by atoms with Gasteiger partial charge in [-0.2, -0.15) is 27.1 Å². The topological polar surface area (TPSA) is 108 Å². The Morgan fingerprint density at radius 2 is 1.48 bits per heavy atom. The van der Waals surface area contributed by atoms with Crippen molar-refractivity contribution in [1.29, 1.82) is 0 Å². The van der Waals surface area contributed by atoms with Gasteiger partial charge in [0.25, 0.3) is 0 Å². The van der Waals surface area contributed by atoms with Crippen molar-refractivity contribution in [2.45, 2.75) is 11.9 Å². The number of rotatable bonds is 6. The molecule has 1 saturated heterocycles. The molecule has 29 heavy (non-hydrogen) atoms. The first-order valence-corrected chi connectivity index (χ1v) is 11.4. The van der Waals surface area contributed by atoms with Gasteiger partial charge in [-0.3, -0.25) is 0 Å². The van der Waals surface area contributed by atoms with E-state index in [0.717, 1.165) is 19.5 Å². The van der Waals surface area contributed by atoms with Gasteiger partial charge in [-0.15, -0.1) is 6.54 Å². The smallest absolute Gasteiger partial charge is 0.397 e. The van der Waals surface area contributed by atoms with Crippen LogP contribution >= 0.6 is 17.2 Å². The maximum atomic E-state index is 4.81. The number of hydrogen-bond donors (Lipinski definition) is 1. The summed E-state index contributed by atoms with van der Waals surface area (Å²) >= 11 is 9.43. The van der Waals surface area contributed by atoms with Crippen molar-refractivity contribution < 1.29 is 43.9 Å². The monoisotopic (exact) mass is 537 g/mol. The molecule has 1 fully saturated rings. The molecule has 15 heteroatoms. The van der Waals surface area contributed by atoms with Crippen LogP contribution in [-0.2, 0) is 69.2 Å². The van der Waals surface area contributed by atoms with Crippen LogP contribution in [0.5, 0.6) is 0 Å². The Balaban J connectivity index is -0.000000307. The summed E-state index contributed by atoms with van der Waals surface area (Å²) in [5.74, 6) is 0. The summed E-state index contributed by atoms with van der Waals surface area (Å²) in [4.78, 5) is 3.71. The van der Waals surface area contributed by atoms with Crippen LogP contribution in [0, 0.1) is 0 Å². The molecule has 2 aliphatic heterocycles. The van der Waals surface area contributed by atoms with Crippen molar-refractivity contribution in [2.75, 3.05) is 62.3 Å². The van der Waals surface area contributed by atoms with Gasteiger partial charge in [0.2, 0.25) is 0 Å². The SMILES string of the molecule is CO[PH+](OC)OC.CO[PH+](OC)OC.[Co].[S-]C1=NC=CC[N-]1.[S-]C1[N-]CCCN1. The Kier molecular flexibility index (Phi) is 31.9. The third-order valence-electron chi connectivity index (χ3n) is 2.57. The van der Waals surface area contributed by atoms with Crippen LogP contribution in [-0.4, -0.2) is 73.0 Å². The fourth-order valence-corrected chi connectivity index (χ4v) is 2.77. The fourth-order valence-electron chi connectivity index (χ4n) is 1.41. The van der Waals surface area contributed by atoms with E-state index >= 15 is 0 Å². The Morgan fingerprint density at radius 3 is 1.62 bits per heavy atom. The Bertz CT molecular complexity index is 372. The molecule has 1 atom stereocenters. The van der Waals surface area contributed by atoms with Crippen LogP contribution in [0.4, 0.5) is 0 Å². The Hall–Kier alpha value is 0.826. The molecule has 0 aromatic rings. The largest absolute Gasteiger partial charge is 0.797 e. The molecule has 10 nitrogen and oxygen atoms in total. The zero-order valence-electron chi connectivity index (χ0n) is 17.5. The molecule has 1 unspecified atom stereocenters. The van der Waals surface area contributed by atoms with E-state index in [1.807, 2.05) is 6.08 Å². The third-order valence-corrected chi connectivity index (χ3v) is 5.12. The molecule has 177 valence electrons. The second kappa shape index (κ2) is 26.9. The second-order valence-electron chi connectivity index (χ2n) is 4.43. The normalized spacial score (nSPS) is 17.3. The summed E-state index contributed by atoms with van der Waals surface area (Å²) in [7, 11) is 6.62. The van der Waals surface area contributed by atoms with E-state index in [0.29, 0.717) is 11.7 Å². The number of nitrogens with zero attached hydrogens (tertiary/aromatic N) is 3. The van der Waals surface area contributed by atoms with E-state index in [2.05, 4.69) is 33.6 Å². The van der Waals surface area contributed by atoms with Crippen molar-refractivity contribution in [3.63, 3.8) is 0 Å². The average Bonchev–Trinajstić information content (AvgIpc) is 2.73. The van der Waals surface area contributed by atoms with Crippen LogP contribution in [0.15, 0.2) is 17.3 Å². The first-order chi connectivity index (χ1) is 13.5. The van der Waals surface area contributed by atoms with Gasteiger partial charge in [0.05, 0.1) is 42.7 Å². The van der Waals surface area contributed by atoms with Crippen LogP contribution in [0.3, 0.4) is 0 Å². The van der Waals surface area contributed by atoms with Crippen molar-refractivity contribution >= 4 is 47.6 Å². The van der Waals surface area contributed by atoms with Gasteiger partial charge in [0.1, 0.15) is 0 Å². The van der Waals surface area contributed by atoms with Gasteiger partial charge in [-0.1, -0.05) is 18.7 Å².